The van der Waals surface area contributed by atoms with Crippen LogP contribution >= 0.6 is 15.9 Å². The number of nitrogens with one attached hydrogen (secondary N) is 2. The first-order valence-corrected chi connectivity index (χ1v) is 10.5. The lowest BCUT2D eigenvalue weighted by Crippen LogP contribution is -2.35. The van der Waals surface area contributed by atoms with Gasteiger partial charge in [-0.05, 0) is 52.3 Å². The normalized spacial score (nSPS) is 10.9. The third kappa shape index (κ3) is 5.75. The summed E-state index contributed by atoms with van der Waals surface area (Å²) in [6.07, 6.45) is 1.43. The van der Waals surface area contributed by atoms with Crippen LogP contribution in [0, 0.1) is 0 Å². The molecule has 0 fully saturated rings. The predicted molar refractivity (Wildman–Crippen MR) is 112 cm³/mol. The summed E-state index contributed by atoms with van der Waals surface area (Å²) in [5.74, 6) is -0.749. The van der Waals surface area contributed by atoms with Crippen molar-refractivity contribution < 1.29 is 18.0 Å². The summed E-state index contributed by atoms with van der Waals surface area (Å²) in [5, 5.41) is 2.72. The molecule has 2 aromatic carbocycles. The molecule has 0 bridgehead atoms. The van der Waals surface area contributed by atoms with Crippen LogP contribution in [0.5, 0.6) is 0 Å². The van der Waals surface area contributed by atoms with Crippen molar-refractivity contribution in [1.29, 1.82) is 0 Å². The molecule has 28 heavy (non-hydrogen) atoms. The summed E-state index contributed by atoms with van der Waals surface area (Å²) in [5.41, 5.74) is 0.883. The Bertz CT molecular complexity index is 975. The molecule has 0 radical (unpaired) electrons. The molecular formula is C19H20BrN3O4S. The number of halogens is 1. The molecule has 0 aliphatic carbocycles. The summed E-state index contributed by atoms with van der Waals surface area (Å²) in [6, 6.07) is 12.6. The third-order valence-electron chi connectivity index (χ3n) is 3.70. The predicted octanol–water partition coefficient (Wildman–Crippen LogP) is 2.62. The zero-order chi connectivity index (χ0) is 20.7. The Morgan fingerprint density at radius 1 is 1.14 bits per heavy atom. The van der Waals surface area contributed by atoms with Gasteiger partial charge < -0.3 is 10.2 Å². The Kier molecular flexibility index (Phi) is 7.50. The molecule has 0 aliphatic heterocycles. The molecule has 9 heteroatoms. The van der Waals surface area contributed by atoms with Crippen molar-refractivity contribution >= 4 is 43.5 Å². The fourth-order valence-corrected chi connectivity index (χ4v) is 3.67. The van der Waals surface area contributed by atoms with Gasteiger partial charge in [-0.3, -0.25) is 9.59 Å². The number of amides is 2. The average molecular weight is 466 g/mol. The van der Waals surface area contributed by atoms with Crippen molar-refractivity contribution in [2.75, 3.05) is 25.5 Å². The highest BCUT2D eigenvalue weighted by Gasteiger charge is 2.18. The second kappa shape index (κ2) is 9.63. The van der Waals surface area contributed by atoms with Gasteiger partial charge in [0, 0.05) is 23.6 Å². The Labute approximate surface area is 172 Å². The minimum atomic E-state index is -3.66. The summed E-state index contributed by atoms with van der Waals surface area (Å²) in [6.45, 7) is 3.41. The molecule has 0 saturated carbocycles. The SMILES string of the molecule is C=CCNS(=O)(=O)c1ccc(C(=O)N(C)CC(=O)Nc2ccccc2Br)cc1. The van der Waals surface area contributed by atoms with Crippen molar-refractivity contribution in [2.45, 2.75) is 4.90 Å². The molecule has 7 nitrogen and oxygen atoms in total. The average Bonchev–Trinajstić information content (AvgIpc) is 2.67. The van der Waals surface area contributed by atoms with Crippen LogP contribution in [0.1, 0.15) is 10.4 Å². The van der Waals surface area contributed by atoms with Crippen molar-refractivity contribution in [3.05, 3.63) is 71.2 Å². The molecule has 2 N–H and O–H groups in total. The minimum absolute atomic E-state index is 0.0419. The molecular weight excluding hydrogens is 446 g/mol. The molecule has 0 heterocycles. The number of carbonyl (C=O) groups is 2. The Morgan fingerprint density at radius 3 is 2.39 bits per heavy atom. The highest BCUT2D eigenvalue weighted by Crippen LogP contribution is 2.21. The van der Waals surface area contributed by atoms with Crippen LogP contribution < -0.4 is 10.0 Å². The van der Waals surface area contributed by atoms with E-state index in [1.165, 1.54) is 42.3 Å². The number of anilines is 1. The van der Waals surface area contributed by atoms with E-state index in [0.29, 0.717) is 5.69 Å². The third-order valence-corrected chi connectivity index (χ3v) is 5.84. The molecule has 0 atom stereocenters. The molecule has 2 rings (SSSR count). The maximum atomic E-state index is 12.5. The lowest BCUT2D eigenvalue weighted by Gasteiger charge is -2.17. The number of hydrogen-bond acceptors (Lipinski definition) is 4. The first-order chi connectivity index (χ1) is 13.2. The van der Waals surface area contributed by atoms with E-state index in [4.69, 9.17) is 0 Å². The van der Waals surface area contributed by atoms with Gasteiger partial charge >= 0.3 is 0 Å². The number of sulfonamides is 1. The maximum absolute atomic E-state index is 12.5. The van der Waals surface area contributed by atoms with E-state index in [2.05, 4.69) is 32.5 Å². The van der Waals surface area contributed by atoms with Gasteiger partial charge in [0.25, 0.3) is 5.91 Å². The van der Waals surface area contributed by atoms with Crippen molar-refractivity contribution in [2.24, 2.45) is 0 Å². The fraction of sp³-hybridized carbons (Fsp3) is 0.158. The van der Waals surface area contributed by atoms with Crippen LogP contribution in [-0.2, 0) is 14.8 Å². The highest BCUT2D eigenvalue weighted by molar-refractivity contribution is 9.10. The number of likely N-dealkylation sites (N-methyl/N-ethyl adjacent to an activating group) is 1. The molecule has 0 saturated heterocycles. The Morgan fingerprint density at radius 2 is 1.79 bits per heavy atom. The van der Waals surface area contributed by atoms with Crippen molar-refractivity contribution in [3.63, 3.8) is 0 Å². The lowest BCUT2D eigenvalue weighted by atomic mass is 10.2. The number of para-hydroxylation sites is 1. The van der Waals surface area contributed by atoms with Crippen LogP contribution in [0.3, 0.4) is 0 Å². The van der Waals surface area contributed by atoms with Gasteiger partial charge in [-0.1, -0.05) is 18.2 Å². The van der Waals surface area contributed by atoms with E-state index in [1.807, 2.05) is 6.07 Å². The Balaban J connectivity index is 2.02. The van der Waals surface area contributed by atoms with Crippen molar-refractivity contribution in [1.82, 2.24) is 9.62 Å². The molecule has 2 amide bonds. The number of hydrogen-bond donors (Lipinski definition) is 2. The lowest BCUT2D eigenvalue weighted by molar-refractivity contribution is -0.116. The second-order valence-electron chi connectivity index (χ2n) is 5.85. The van der Waals surface area contributed by atoms with E-state index < -0.39 is 15.9 Å². The van der Waals surface area contributed by atoms with Crippen molar-refractivity contribution in [3.8, 4) is 0 Å². The molecule has 0 spiro atoms. The van der Waals surface area contributed by atoms with E-state index >= 15 is 0 Å². The zero-order valence-electron chi connectivity index (χ0n) is 15.2. The molecule has 0 aromatic heterocycles. The van der Waals surface area contributed by atoms with Gasteiger partial charge in [-0.25, -0.2) is 13.1 Å². The fourth-order valence-electron chi connectivity index (χ4n) is 2.29. The van der Waals surface area contributed by atoms with Crippen LogP contribution in [-0.4, -0.2) is 45.3 Å². The van der Waals surface area contributed by atoms with Crippen LogP contribution in [0.4, 0.5) is 5.69 Å². The largest absolute Gasteiger partial charge is 0.332 e. The van der Waals surface area contributed by atoms with Crippen LogP contribution in [0.2, 0.25) is 0 Å². The minimum Gasteiger partial charge on any atom is -0.332 e. The van der Waals surface area contributed by atoms with E-state index in [9.17, 15) is 18.0 Å². The van der Waals surface area contributed by atoms with Crippen LogP contribution in [0.25, 0.3) is 0 Å². The maximum Gasteiger partial charge on any atom is 0.254 e. The van der Waals surface area contributed by atoms with E-state index in [-0.39, 0.29) is 29.5 Å². The van der Waals surface area contributed by atoms with E-state index in [1.54, 1.807) is 18.2 Å². The Hall–Kier alpha value is -2.49. The number of benzene rings is 2. The molecule has 0 unspecified atom stereocenters. The van der Waals surface area contributed by atoms with Gasteiger partial charge in [0.05, 0.1) is 17.1 Å². The standard InChI is InChI=1S/C19H20BrN3O4S/c1-3-12-21-28(26,27)15-10-8-14(9-11-15)19(25)23(2)13-18(24)22-17-7-5-4-6-16(17)20/h3-11,21H,1,12-13H2,2H3,(H,22,24). The first-order valence-electron chi connectivity index (χ1n) is 8.25. The van der Waals surface area contributed by atoms with Gasteiger partial charge in [0.15, 0.2) is 0 Å². The summed E-state index contributed by atoms with van der Waals surface area (Å²) >= 11 is 3.34. The second-order valence-corrected chi connectivity index (χ2v) is 8.48. The van der Waals surface area contributed by atoms with Crippen LogP contribution in [0.15, 0.2) is 70.6 Å². The number of rotatable bonds is 8. The number of carbonyl (C=O) groups excluding carboxylic acids is 2. The van der Waals surface area contributed by atoms with Gasteiger partial charge in [0.1, 0.15) is 0 Å². The highest BCUT2D eigenvalue weighted by atomic mass is 79.9. The van der Waals surface area contributed by atoms with E-state index in [0.717, 1.165) is 4.47 Å². The van der Waals surface area contributed by atoms with Gasteiger partial charge in [-0.15, -0.1) is 6.58 Å². The monoisotopic (exact) mass is 465 g/mol. The quantitative estimate of drug-likeness (QED) is 0.585. The number of nitrogens with zero attached hydrogens (tertiary/aromatic N) is 1. The van der Waals surface area contributed by atoms with Gasteiger partial charge in [-0.2, -0.15) is 0 Å². The first kappa shape index (κ1) is 21.8. The topological polar surface area (TPSA) is 95.6 Å². The summed E-state index contributed by atoms with van der Waals surface area (Å²) in [7, 11) is -2.16. The summed E-state index contributed by atoms with van der Waals surface area (Å²) < 4.78 is 27.2. The molecule has 2 aromatic rings. The van der Waals surface area contributed by atoms with Gasteiger partial charge in [0.2, 0.25) is 15.9 Å². The smallest absolute Gasteiger partial charge is 0.254 e. The zero-order valence-corrected chi connectivity index (χ0v) is 17.6. The molecule has 148 valence electrons. The summed E-state index contributed by atoms with van der Waals surface area (Å²) in [4.78, 5) is 26.0. The molecule has 0 aliphatic rings.